The van der Waals surface area contributed by atoms with Gasteiger partial charge >= 0.3 is 6.09 Å². The molecule has 2 saturated heterocycles. The molecule has 5 rings (SSSR count). The highest BCUT2D eigenvalue weighted by atomic mass is 19.1. The second kappa shape index (κ2) is 8.86. The SMILES string of the molecule is O=C(OCC1c2ccccc2-c2ccccc21)N1C2CCCC1CC(O)(CCCCF)C2. The van der Waals surface area contributed by atoms with Crippen LogP contribution in [0.15, 0.2) is 48.5 Å². The van der Waals surface area contributed by atoms with Crippen molar-refractivity contribution in [2.75, 3.05) is 13.3 Å². The zero-order chi connectivity index (χ0) is 22.1. The lowest BCUT2D eigenvalue weighted by atomic mass is 9.74. The fourth-order valence-corrected chi connectivity index (χ4v) is 6.25. The van der Waals surface area contributed by atoms with Crippen LogP contribution in [0.1, 0.15) is 68.4 Å². The Morgan fingerprint density at radius 1 is 1.00 bits per heavy atom. The third-order valence-corrected chi connectivity index (χ3v) is 7.67. The summed E-state index contributed by atoms with van der Waals surface area (Å²) in [5, 5.41) is 11.1. The van der Waals surface area contributed by atoms with E-state index < -0.39 is 5.60 Å². The van der Waals surface area contributed by atoms with Gasteiger partial charge in [-0.3, -0.25) is 4.39 Å². The maximum Gasteiger partial charge on any atom is 0.410 e. The summed E-state index contributed by atoms with van der Waals surface area (Å²) < 4.78 is 18.5. The number of fused-ring (bicyclic) bond motifs is 5. The monoisotopic (exact) mass is 437 g/mol. The van der Waals surface area contributed by atoms with E-state index in [0.717, 1.165) is 19.3 Å². The number of aliphatic hydroxyl groups is 1. The lowest BCUT2D eigenvalue weighted by molar-refractivity contribution is -0.0894. The largest absolute Gasteiger partial charge is 0.448 e. The Labute approximate surface area is 189 Å². The number of nitrogens with zero attached hydrogens (tertiary/aromatic N) is 1. The molecule has 2 fully saturated rings. The second-order valence-corrected chi connectivity index (χ2v) is 9.73. The second-order valence-electron chi connectivity index (χ2n) is 9.73. The number of benzene rings is 2. The molecule has 5 heteroatoms. The van der Waals surface area contributed by atoms with Gasteiger partial charge in [0.25, 0.3) is 0 Å². The lowest BCUT2D eigenvalue weighted by Crippen LogP contribution is -2.60. The van der Waals surface area contributed by atoms with E-state index >= 15 is 0 Å². The van der Waals surface area contributed by atoms with E-state index in [0.29, 0.717) is 38.7 Å². The van der Waals surface area contributed by atoms with Crippen molar-refractivity contribution < 1.29 is 19.0 Å². The fraction of sp³-hybridized carbons (Fsp3) is 0.519. The minimum Gasteiger partial charge on any atom is -0.448 e. The van der Waals surface area contributed by atoms with Gasteiger partial charge in [0.2, 0.25) is 0 Å². The van der Waals surface area contributed by atoms with E-state index in [1.165, 1.54) is 22.3 Å². The molecule has 2 atom stereocenters. The number of alkyl halides is 1. The third kappa shape index (κ3) is 3.92. The molecule has 4 nitrogen and oxygen atoms in total. The van der Waals surface area contributed by atoms with Gasteiger partial charge in [0, 0.05) is 18.0 Å². The Kier molecular flexibility index (Phi) is 5.93. The number of hydrogen-bond acceptors (Lipinski definition) is 3. The van der Waals surface area contributed by atoms with Gasteiger partial charge in [-0.25, -0.2) is 4.79 Å². The van der Waals surface area contributed by atoms with Crippen LogP contribution in [0.5, 0.6) is 0 Å². The summed E-state index contributed by atoms with van der Waals surface area (Å²) in [7, 11) is 0. The molecule has 2 heterocycles. The molecule has 2 bridgehead atoms. The molecule has 32 heavy (non-hydrogen) atoms. The van der Waals surface area contributed by atoms with Crippen molar-refractivity contribution in [2.45, 2.75) is 75.0 Å². The third-order valence-electron chi connectivity index (χ3n) is 7.67. The number of hydrogen-bond donors (Lipinski definition) is 1. The Balaban J connectivity index is 1.28. The van der Waals surface area contributed by atoms with Crippen molar-refractivity contribution in [2.24, 2.45) is 0 Å². The van der Waals surface area contributed by atoms with E-state index in [1.54, 1.807) is 0 Å². The average molecular weight is 438 g/mol. The minimum atomic E-state index is -0.787. The number of carbonyl (C=O) groups excluding carboxylic acids is 1. The van der Waals surface area contributed by atoms with Crippen LogP contribution in [0.4, 0.5) is 9.18 Å². The van der Waals surface area contributed by atoms with E-state index in [1.807, 2.05) is 29.2 Å². The summed E-state index contributed by atoms with van der Waals surface area (Å²) in [4.78, 5) is 15.1. The highest BCUT2D eigenvalue weighted by Crippen LogP contribution is 2.45. The van der Waals surface area contributed by atoms with Gasteiger partial charge < -0.3 is 14.7 Å². The summed E-state index contributed by atoms with van der Waals surface area (Å²) in [6, 6.07) is 16.7. The quantitative estimate of drug-likeness (QED) is 0.579. The van der Waals surface area contributed by atoms with Crippen LogP contribution in [0, 0.1) is 0 Å². The van der Waals surface area contributed by atoms with Crippen molar-refractivity contribution in [3.63, 3.8) is 0 Å². The van der Waals surface area contributed by atoms with Crippen molar-refractivity contribution >= 4 is 6.09 Å². The topological polar surface area (TPSA) is 49.8 Å². The summed E-state index contributed by atoms with van der Waals surface area (Å²) in [5.41, 5.74) is 4.07. The summed E-state index contributed by atoms with van der Waals surface area (Å²) in [5.74, 6) is 0.0496. The normalized spacial score (nSPS) is 26.5. The zero-order valence-corrected chi connectivity index (χ0v) is 18.5. The first-order valence-electron chi connectivity index (χ1n) is 12.0. The van der Waals surface area contributed by atoms with Crippen molar-refractivity contribution in [3.05, 3.63) is 59.7 Å². The molecule has 170 valence electrons. The lowest BCUT2D eigenvalue weighted by Gasteiger charge is -2.51. The van der Waals surface area contributed by atoms with Crippen LogP contribution in [0.25, 0.3) is 11.1 Å². The van der Waals surface area contributed by atoms with Crippen LogP contribution in [0.3, 0.4) is 0 Å². The molecule has 0 spiro atoms. The number of amides is 1. The van der Waals surface area contributed by atoms with Gasteiger partial charge in [-0.15, -0.1) is 0 Å². The van der Waals surface area contributed by atoms with Gasteiger partial charge in [0.1, 0.15) is 6.61 Å². The molecule has 1 aliphatic carbocycles. The van der Waals surface area contributed by atoms with Crippen molar-refractivity contribution in [1.29, 1.82) is 0 Å². The van der Waals surface area contributed by atoms with E-state index in [-0.39, 0.29) is 30.8 Å². The van der Waals surface area contributed by atoms with E-state index in [9.17, 15) is 14.3 Å². The van der Waals surface area contributed by atoms with Crippen LogP contribution < -0.4 is 0 Å². The Hall–Kier alpha value is -2.40. The van der Waals surface area contributed by atoms with Gasteiger partial charge in [0.15, 0.2) is 0 Å². The number of carbonyl (C=O) groups is 1. The highest BCUT2D eigenvalue weighted by Gasteiger charge is 2.47. The summed E-state index contributed by atoms with van der Waals surface area (Å²) in [6.45, 7) is -0.0155. The Morgan fingerprint density at radius 2 is 1.59 bits per heavy atom. The van der Waals surface area contributed by atoms with Crippen molar-refractivity contribution in [3.8, 4) is 11.1 Å². The van der Waals surface area contributed by atoms with Gasteiger partial charge in [-0.1, -0.05) is 48.5 Å². The van der Waals surface area contributed by atoms with Gasteiger partial charge in [-0.05, 0) is 73.6 Å². The van der Waals surface area contributed by atoms with Crippen LogP contribution in [-0.4, -0.2) is 47.1 Å². The first-order chi connectivity index (χ1) is 15.6. The molecule has 0 aromatic heterocycles. The maximum absolute atomic E-state index is 13.2. The number of halogens is 1. The molecular formula is C27H32FNO3. The first kappa shape index (κ1) is 21.4. The molecule has 0 radical (unpaired) electrons. The fourth-order valence-electron chi connectivity index (χ4n) is 6.25. The summed E-state index contributed by atoms with van der Waals surface area (Å²) >= 11 is 0. The number of ether oxygens (including phenoxy) is 1. The molecular weight excluding hydrogens is 405 g/mol. The number of rotatable bonds is 6. The minimum absolute atomic E-state index is 0.00790. The van der Waals surface area contributed by atoms with Gasteiger partial charge in [0.05, 0.1) is 12.3 Å². The molecule has 2 unspecified atom stereocenters. The van der Waals surface area contributed by atoms with Crippen LogP contribution in [0.2, 0.25) is 0 Å². The van der Waals surface area contributed by atoms with Crippen molar-refractivity contribution in [1.82, 2.24) is 4.90 Å². The molecule has 3 aliphatic rings. The van der Waals surface area contributed by atoms with E-state index in [4.69, 9.17) is 4.74 Å². The Morgan fingerprint density at radius 3 is 2.19 bits per heavy atom. The molecule has 2 aromatic carbocycles. The molecule has 2 aliphatic heterocycles. The van der Waals surface area contributed by atoms with Crippen LogP contribution in [-0.2, 0) is 4.74 Å². The summed E-state index contributed by atoms with van der Waals surface area (Å²) in [6.07, 6.45) is 5.54. The molecule has 1 N–H and O–H groups in total. The Bertz CT molecular complexity index is 917. The predicted molar refractivity (Wildman–Crippen MR) is 122 cm³/mol. The first-order valence-corrected chi connectivity index (χ1v) is 12.0. The predicted octanol–water partition coefficient (Wildman–Crippen LogP) is 5.82. The van der Waals surface area contributed by atoms with Gasteiger partial charge in [-0.2, -0.15) is 0 Å². The average Bonchev–Trinajstić information content (AvgIpc) is 3.11. The number of piperidine rings is 2. The highest BCUT2D eigenvalue weighted by molar-refractivity contribution is 5.79. The standard InChI is InChI=1S/C27H32FNO3/c28-15-6-5-14-27(31)16-19-8-7-9-20(17-27)29(19)26(30)32-18-25-23-12-3-1-10-21(23)22-11-2-4-13-24(22)25/h1-4,10-13,19-20,25,31H,5-9,14-18H2. The smallest absolute Gasteiger partial charge is 0.410 e. The molecule has 1 amide bonds. The van der Waals surface area contributed by atoms with Crippen LogP contribution >= 0.6 is 0 Å². The van der Waals surface area contributed by atoms with E-state index in [2.05, 4.69) is 24.3 Å². The zero-order valence-electron chi connectivity index (χ0n) is 18.5. The maximum atomic E-state index is 13.2. The molecule has 2 aromatic rings. The molecule has 0 saturated carbocycles. The number of unbranched alkanes of at least 4 members (excludes halogenated alkanes) is 1.